The van der Waals surface area contributed by atoms with Crippen LogP contribution < -0.4 is 0 Å². The van der Waals surface area contributed by atoms with Crippen molar-refractivity contribution >= 4 is 18.2 Å². The normalized spacial score (nSPS) is 13.0. The number of aliphatic hydroxyl groups excluding tert-OH is 1. The molecule has 194 valence electrons. The smallest absolute Gasteiger partial charge is 0.280 e. The van der Waals surface area contributed by atoms with Gasteiger partial charge in [0.05, 0.1) is 12.9 Å². The lowest BCUT2D eigenvalue weighted by atomic mass is 9.94. The van der Waals surface area contributed by atoms with Crippen LogP contribution >= 0.6 is 0 Å². The van der Waals surface area contributed by atoms with Gasteiger partial charge in [-0.15, -0.1) is 0 Å². The maximum Gasteiger partial charge on any atom is 0.280 e. The van der Waals surface area contributed by atoms with Crippen molar-refractivity contribution in [2.75, 3.05) is 6.61 Å². The Balaban J connectivity index is 1.66. The standard InChI is InChI=1S/C33H38O4/c1-6-26-12-14-29(15-13-26)24-36-31(35-23-25(2)3)22-28-16-18-30(19-17-28)32(34)33(4,5)37-21-20-27-10-8-7-9-11-27/h6-22,25,32,34H,1,23-24H2,2-5H3. The van der Waals surface area contributed by atoms with Crippen LogP contribution in [0.1, 0.15) is 61.6 Å². The third-order valence-electron chi connectivity index (χ3n) is 5.78. The minimum absolute atomic E-state index is 0.370. The zero-order valence-electron chi connectivity index (χ0n) is 22.3. The van der Waals surface area contributed by atoms with E-state index in [1.165, 1.54) is 0 Å². The van der Waals surface area contributed by atoms with Gasteiger partial charge >= 0.3 is 0 Å². The van der Waals surface area contributed by atoms with Gasteiger partial charge in [0.1, 0.15) is 18.3 Å². The maximum absolute atomic E-state index is 11.0. The number of hydrogen-bond acceptors (Lipinski definition) is 4. The fourth-order valence-electron chi connectivity index (χ4n) is 3.51. The predicted molar refractivity (Wildman–Crippen MR) is 152 cm³/mol. The van der Waals surface area contributed by atoms with Crippen LogP contribution in [0.3, 0.4) is 0 Å². The monoisotopic (exact) mass is 498 g/mol. The Kier molecular flexibility index (Phi) is 10.2. The van der Waals surface area contributed by atoms with Gasteiger partial charge in [-0.1, -0.05) is 105 Å². The zero-order chi connectivity index (χ0) is 26.7. The molecule has 0 aliphatic carbocycles. The third kappa shape index (κ3) is 9.00. The second-order valence-corrected chi connectivity index (χ2v) is 9.91. The first-order chi connectivity index (χ1) is 17.8. The molecule has 0 saturated heterocycles. The van der Waals surface area contributed by atoms with Crippen LogP contribution in [0.5, 0.6) is 0 Å². The number of benzene rings is 3. The highest BCUT2D eigenvalue weighted by molar-refractivity contribution is 5.51. The highest BCUT2D eigenvalue weighted by atomic mass is 16.7. The zero-order valence-corrected chi connectivity index (χ0v) is 22.3. The molecule has 3 rings (SSSR count). The van der Waals surface area contributed by atoms with Crippen LogP contribution in [0.2, 0.25) is 0 Å². The summed E-state index contributed by atoms with van der Waals surface area (Å²) in [5.74, 6) is 0.832. The van der Waals surface area contributed by atoms with Crippen molar-refractivity contribution in [1.82, 2.24) is 0 Å². The Morgan fingerprint density at radius 1 is 0.865 bits per heavy atom. The predicted octanol–water partition coefficient (Wildman–Crippen LogP) is 8.02. The Morgan fingerprint density at radius 2 is 1.51 bits per heavy atom. The molecule has 0 aliphatic heterocycles. The molecule has 3 aromatic rings. The summed E-state index contributed by atoms with van der Waals surface area (Å²) in [5, 5.41) is 11.0. The number of aliphatic hydroxyl groups is 1. The van der Waals surface area contributed by atoms with Crippen LogP contribution in [0, 0.1) is 5.92 Å². The van der Waals surface area contributed by atoms with E-state index in [1.54, 1.807) is 6.26 Å². The molecule has 3 aromatic carbocycles. The lowest BCUT2D eigenvalue weighted by Crippen LogP contribution is -2.31. The van der Waals surface area contributed by atoms with E-state index < -0.39 is 11.7 Å². The maximum atomic E-state index is 11.0. The summed E-state index contributed by atoms with van der Waals surface area (Å²) in [6, 6.07) is 25.6. The Labute approximate surface area is 221 Å². The van der Waals surface area contributed by atoms with E-state index in [-0.39, 0.29) is 0 Å². The molecule has 0 radical (unpaired) electrons. The van der Waals surface area contributed by atoms with E-state index in [0.29, 0.717) is 25.1 Å². The van der Waals surface area contributed by atoms with Gasteiger partial charge in [0, 0.05) is 6.08 Å². The van der Waals surface area contributed by atoms with Crippen molar-refractivity contribution < 1.29 is 19.3 Å². The molecule has 0 saturated carbocycles. The largest absolute Gasteiger partial charge is 0.492 e. The summed E-state index contributed by atoms with van der Waals surface area (Å²) in [6.07, 6.45) is 6.40. The molecule has 0 bridgehead atoms. The van der Waals surface area contributed by atoms with Gasteiger partial charge in [-0.25, -0.2) is 0 Å². The molecule has 1 atom stereocenters. The van der Waals surface area contributed by atoms with Gasteiger partial charge in [0.25, 0.3) is 5.95 Å². The SMILES string of the molecule is C=Cc1ccc(COC(=Cc2ccc(C(O)C(C)(C)OC=Cc3ccccc3)cc2)OCC(C)C)cc1. The second-order valence-electron chi connectivity index (χ2n) is 9.91. The summed E-state index contributed by atoms with van der Waals surface area (Å²) in [5.41, 5.74) is 4.03. The lowest BCUT2D eigenvalue weighted by molar-refractivity contribution is -0.0584. The van der Waals surface area contributed by atoms with Gasteiger partial charge in [0.15, 0.2) is 0 Å². The molecular formula is C33H38O4. The number of rotatable bonds is 13. The van der Waals surface area contributed by atoms with Gasteiger partial charge in [-0.2, -0.15) is 0 Å². The Hall–Kier alpha value is -3.76. The topological polar surface area (TPSA) is 47.9 Å². The van der Waals surface area contributed by atoms with Gasteiger partial charge in [-0.05, 0) is 53.7 Å². The van der Waals surface area contributed by atoms with Crippen molar-refractivity contribution in [3.05, 3.63) is 125 Å². The first-order valence-electron chi connectivity index (χ1n) is 12.6. The molecule has 4 heteroatoms. The molecule has 4 nitrogen and oxygen atoms in total. The molecule has 0 heterocycles. The Morgan fingerprint density at radius 3 is 2.14 bits per heavy atom. The van der Waals surface area contributed by atoms with E-state index >= 15 is 0 Å². The van der Waals surface area contributed by atoms with Gasteiger partial charge in [0.2, 0.25) is 0 Å². The first kappa shape index (κ1) is 27.8. The molecule has 0 aliphatic rings. The van der Waals surface area contributed by atoms with Crippen LogP contribution in [0.4, 0.5) is 0 Å². The molecule has 0 amide bonds. The van der Waals surface area contributed by atoms with E-state index in [9.17, 15) is 5.11 Å². The summed E-state index contributed by atoms with van der Waals surface area (Å²) >= 11 is 0. The summed E-state index contributed by atoms with van der Waals surface area (Å²) in [6.45, 7) is 12.7. The summed E-state index contributed by atoms with van der Waals surface area (Å²) in [4.78, 5) is 0. The fraction of sp³-hybridized carbons (Fsp3) is 0.273. The minimum Gasteiger partial charge on any atom is -0.492 e. The second kappa shape index (κ2) is 13.5. The highest BCUT2D eigenvalue weighted by Gasteiger charge is 2.30. The molecule has 1 N–H and O–H groups in total. The summed E-state index contributed by atoms with van der Waals surface area (Å²) in [7, 11) is 0. The molecule has 0 spiro atoms. The van der Waals surface area contributed by atoms with E-state index in [4.69, 9.17) is 14.2 Å². The van der Waals surface area contributed by atoms with Crippen molar-refractivity contribution in [2.45, 2.75) is 46.0 Å². The lowest BCUT2D eigenvalue weighted by Gasteiger charge is -2.30. The summed E-state index contributed by atoms with van der Waals surface area (Å²) < 4.78 is 17.8. The van der Waals surface area contributed by atoms with Crippen molar-refractivity contribution in [3.63, 3.8) is 0 Å². The van der Waals surface area contributed by atoms with Gasteiger partial charge < -0.3 is 19.3 Å². The molecule has 0 aromatic heterocycles. The fourth-order valence-corrected chi connectivity index (χ4v) is 3.51. The van der Waals surface area contributed by atoms with Crippen LogP contribution in [0.25, 0.3) is 18.2 Å². The van der Waals surface area contributed by atoms with Gasteiger partial charge in [-0.3, -0.25) is 0 Å². The first-order valence-corrected chi connectivity index (χ1v) is 12.6. The Bertz CT molecular complexity index is 1160. The molecule has 1 unspecified atom stereocenters. The quantitative estimate of drug-likeness (QED) is 0.242. The van der Waals surface area contributed by atoms with Crippen LogP contribution in [-0.4, -0.2) is 17.3 Å². The van der Waals surface area contributed by atoms with Crippen molar-refractivity contribution in [1.29, 1.82) is 0 Å². The number of hydrogen-bond donors (Lipinski definition) is 1. The molecule has 37 heavy (non-hydrogen) atoms. The molecule has 0 fully saturated rings. The average molecular weight is 499 g/mol. The van der Waals surface area contributed by atoms with E-state index in [0.717, 1.165) is 27.8 Å². The van der Waals surface area contributed by atoms with Crippen LogP contribution in [-0.2, 0) is 20.8 Å². The average Bonchev–Trinajstić information content (AvgIpc) is 2.91. The number of ether oxygens (including phenoxy) is 3. The van der Waals surface area contributed by atoms with E-state index in [1.807, 2.05) is 111 Å². The van der Waals surface area contributed by atoms with Crippen LogP contribution in [0.15, 0.2) is 97.6 Å². The molecular weight excluding hydrogens is 460 g/mol. The highest BCUT2D eigenvalue weighted by Crippen LogP contribution is 2.30. The minimum atomic E-state index is -0.808. The van der Waals surface area contributed by atoms with Crippen molar-refractivity contribution in [3.8, 4) is 0 Å². The van der Waals surface area contributed by atoms with E-state index in [2.05, 4.69) is 20.4 Å². The van der Waals surface area contributed by atoms with Crippen molar-refractivity contribution in [2.24, 2.45) is 5.92 Å². The third-order valence-corrected chi connectivity index (χ3v) is 5.78.